The second-order valence-corrected chi connectivity index (χ2v) is 4.55. The molecule has 4 nitrogen and oxygen atoms in total. The minimum atomic E-state index is 0.247. The minimum absolute atomic E-state index is 0.247. The number of hydrogen-bond donors (Lipinski definition) is 1. The van der Waals surface area contributed by atoms with Gasteiger partial charge in [0.25, 0.3) is 0 Å². The first kappa shape index (κ1) is 12.3. The highest BCUT2D eigenvalue weighted by Gasteiger charge is 2.15. The summed E-state index contributed by atoms with van der Waals surface area (Å²) in [6, 6.07) is 0. The average molecular weight is 229 g/mol. The molecule has 2 saturated heterocycles. The van der Waals surface area contributed by atoms with Crippen molar-refractivity contribution in [2.75, 3.05) is 39.5 Å². The van der Waals surface area contributed by atoms with Crippen molar-refractivity contribution in [1.29, 1.82) is 0 Å². The van der Waals surface area contributed by atoms with E-state index < -0.39 is 0 Å². The van der Waals surface area contributed by atoms with Gasteiger partial charge >= 0.3 is 0 Å². The van der Waals surface area contributed by atoms with E-state index in [0.29, 0.717) is 6.10 Å². The Bertz CT molecular complexity index is 177. The molecule has 0 aromatic rings. The molecule has 2 heterocycles. The Balaban J connectivity index is 1.42. The molecule has 1 N–H and O–H groups in total. The van der Waals surface area contributed by atoms with Gasteiger partial charge in [-0.1, -0.05) is 0 Å². The fourth-order valence-corrected chi connectivity index (χ4v) is 2.24. The molecule has 0 aromatic heterocycles. The molecule has 2 unspecified atom stereocenters. The van der Waals surface area contributed by atoms with Gasteiger partial charge in [0.15, 0.2) is 0 Å². The molecule has 16 heavy (non-hydrogen) atoms. The van der Waals surface area contributed by atoms with Crippen LogP contribution in [-0.2, 0) is 14.2 Å². The first-order chi connectivity index (χ1) is 7.95. The van der Waals surface area contributed by atoms with Crippen molar-refractivity contribution in [3.8, 4) is 0 Å². The lowest BCUT2D eigenvalue weighted by molar-refractivity contribution is -0.0863. The number of hydrogen-bond acceptors (Lipinski definition) is 4. The smallest absolute Gasteiger partial charge is 0.0933 e. The minimum Gasteiger partial charge on any atom is -0.378 e. The van der Waals surface area contributed by atoms with Crippen LogP contribution in [0, 0.1) is 0 Å². The molecule has 0 saturated carbocycles. The molecule has 2 rings (SSSR count). The van der Waals surface area contributed by atoms with Crippen molar-refractivity contribution < 1.29 is 14.2 Å². The molecule has 94 valence electrons. The molecule has 0 bridgehead atoms. The molecule has 0 radical (unpaired) electrons. The van der Waals surface area contributed by atoms with Crippen molar-refractivity contribution >= 4 is 0 Å². The zero-order chi connectivity index (χ0) is 11.1. The quantitative estimate of drug-likeness (QED) is 0.688. The number of ether oxygens (including phenoxy) is 3. The third-order valence-electron chi connectivity index (χ3n) is 3.16. The van der Waals surface area contributed by atoms with Crippen LogP contribution in [0.15, 0.2) is 0 Å². The van der Waals surface area contributed by atoms with Crippen LogP contribution in [-0.4, -0.2) is 51.7 Å². The maximum absolute atomic E-state index is 5.58. The zero-order valence-corrected chi connectivity index (χ0v) is 9.95. The zero-order valence-electron chi connectivity index (χ0n) is 9.95. The predicted octanol–water partition coefficient (Wildman–Crippen LogP) is 0.951. The lowest BCUT2D eigenvalue weighted by Gasteiger charge is -2.23. The van der Waals surface area contributed by atoms with Crippen molar-refractivity contribution in [1.82, 2.24) is 5.32 Å². The van der Waals surface area contributed by atoms with Crippen LogP contribution >= 0.6 is 0 Å². The monoisotopic (exact) mass is 229 g/mol. The molecular formula is C12H23NO3. The summed E-state index contributed by atoms with van der Waals surface area (Å²) in [7, 11) is 0. The Morgan fingerprint density at radius 3 is 2.75 bits per heavy atom. The van der Waals surface area contributed by atoms with E-state index in [1.165, 1.54) is 25.7 Å². The van der Waals surface area contributed by atoms with Gasteiger partial charge in [0.2, 0.25) is 0 Å². The van der Waals surface area contributed by atoms with Gasteiger partial charge in [-0.25, -0.2) is 0 Å². The largest absolute Gasteiger partial charge is 0.378 e. The van der Waals surface area contributed by atoms with Crippen LogP contribution in [0.3, 0.4) is 0 Å². The van der Waals surface area contributed by atoms with Gasteiger partial charge in [-0.05, 0) is 32.2 Å². The van der Waals surface area contributed by atoms with Crippen LogP contribution in [0.1, 0.15) is 25.7 Å². The van der Waals surface area contributed by atoms with Gasteiger partial charge in [-0.3, -0.25) is 0 Å². The predicted molar refractivity (Wildman–Crippen MR) is 61.6 cm³/mol. The Labute approximate surface area is 97.6 Å². The van der Waals surface area contributed by atoms with Gasteiger partial charge in [-0.2, -0.15) is 0 Å². The third-order valence-corrected chi connectivity index (χ3v) is 3.16. The number of nitrogens with one attached hydrogen (secondary N) is 1. The summed E-state index contributed by atoms with van der Waals surface area (Å²) >= 11 is 0. The van der Waals surface area contributed by atoms with E-state index in [-0.39, 0.29) is 6.10 Å². The summed E-state index contributed by atoms with van der Waals surface area (Å²) in [5.74, 6) is 0. The van der Waals surface area contributed by atoms with E-state index in [2.05, 4.69) is 5.32 Å². The summed E-state index contributed by atoms with van der Waals surface area (Å²) in [6.07, 6.45) is 5.64. The van der Waals surface area contributed by atoms with E-state index >= 15 is 0 Å². The van der Waals surface area contributed by atoms with Crippen molar-refractivity contribution in [2.24, 2.45) is 0 Å². The standard InChI is InChI=1S/C12H23NO3/c1(3-11-4-2-6-15-11)5-13-9-12-10-14-7-8-16-12/h11-13H,1-10H2. The van der Waals surface area contributed by atoms with Crippen LogP contribution < -0.4 is 5.32 Å². The summed E-state index contributed by atoms with van der Waals surface area (Å²) in [5.41, 5.74) is 0. The topological polar surface area (TPSA) is 39.7 Å². The van der Waals surface area contributed by atoms with E-state index in [1.54, 1.807) is 0 Å². The lowest BCUT2D eigenvalue weighted by Crippen LogP contribution is -2.37. The lowest BCUT2D eigenvalue weighted by atomic mass is 10.1. The Kier molecular flexibility index (Phi) is 5.55. The number of rotatable bonds is 6. The van der Waals surface area contributed by atoms with Gasteiger partial charge in [0, 0.05) is 13.2 Å². The SMILES string of the molecule is C(CNCC1COCCO1)CC1CCCO1. The normalized spacial score (nSPS) is 30.8. The second-order valence-electron chi connectivity index (χ2n) is 4.55. The Morgan fingerprint density at radius 2 is 2.00 bits per heavy atom. The van der Waals surface area contributed by atoms with Gasteiger partial charge in [-0.15, -0.1) is 0 Å². The average Bonchev–Trinajstić information content (AvgIpc) is 2.83. The Morgan fingerprint density at radius 1 is 1.06 bits per heavy atom. The first-order valence-electron chi connectivity index (χ1n) is 6.47. The third kappa shape index (κ3) is 4.37. The van der Waals surface area contributed by atoms with Gasteiger partial charge in [0.05, 0.1) is 32.0 Å². The second kappa shape index (κ2) is 7.22. The van der Waals surface area contributed by atoms with E-state index in [9.17, 15) is 0 Å². The van der Waals surface area contributed by atoms with Crippen LogP contribution in [0.2, 0.25) is 0 Å². The van der Waals surface area contributed by atoms with Crippen molar-refractivity contribution in [2.45, 2.75) is 37.9 Å². The van der Waals surface area contributed by atoms with E-state index in [0.717, 1.165) is 39.5 Å². The van der Waals surface area contributed by atoms with Crippen molar-refractivity contribution in [3.05, 3.63) is 0 Å². The van der Waals surface area contributed by atoms with E-state index in [1.807, 2.05) is 0 Å². The molecule has 0 amide bonds. The van der Waals surface area contributed by atoms with Crippen LogP contribution in [0.25, 0.3) is 0 Å². The molecule has 2 fully saturated rings. The summed E-state index contributed by atoms with van der Waals surface area (Å²) < 4.78 is 16.5. The highest BCUT2D eigenvalue weighted by molar-refractivity contribution is 4.67. The molecule has 2 aliphatic rings. The van der Waals surface area contributed by atoms with Gasteiger partial charge < -0.3 is 19.5 Å². The Hall–Kier alpha value is -0.160. The fraction of sp³-hybridized carbons (Fsp3) is 1.00. The highest BCUT2D eigenvalue weighted by atomic mass is 16.6. The molecular weight excluding hydrogens is 206 g/mol. The van der Waals surface area contributed by atoms with Crippen molar-refractivity contribution in [3.63, 3.8) is 0 Å². The molecule has 2 aliphatic heterocycles. The van der Waals surface area contributed by atoms with Crippen LogP contribution in [0.5, 0.6) is 0 Å². The molecule has 0 spiro atoms. The fourth-order valence-electron chi connectivity index (χ4n) is 2.24. The molecule has 4 heteroatoms. The molecule has 0 aliphatic carbocycles. The summed E-state index contributed by atoms with van der Waals surface area (Å²) in [6.45, 7) is 5.15. The summed E-state index contributed by atoms with van der Waals surface area (Å²) in [5, 5.41) is 3.42. The first-order valence-corrected chi connectivity index (χ1v) is 6.47. The van der Waals surface area contributed by atoms with Crippen LogP contribution in [0.4, 0.5) is 0 Å². The molecule has 0 aromatic carbocycles. The maximum Gasteiger partial charge on any atom is 0.0933 e. The van der Waals surface area contributed by atoms with E-state index in [4.69, 9.17) is 14.2 Å². The highest BCUT2D eigenvalue weighted by Crippen LogP contribution is 2.16. The molecule has 2 atom stereocenters. The summed E-state index contributed by atoms with van der Waals surface area (Å²) in [4.78, 5) is 0. The maximum atomic E-state index is 5.58. The van der Waals surface area contributed by atoms with Gasteiger partial charge in [0.1, 0.15) is 0 Å².